The molecule has 34 heavy (non-hydrogen) atoms. The molecule has 0 bridgehead atoms. The van der Waals surface area contributed by atoms with Crippen molar-refractivity contribution in [1.82, 2.24) is 10.2 Å². The molecule has 1 fully saturated rings. The topological polar surface area (TPSA) is 105 Å². The number of hydrogen-bond acceptors (Lipinski definition) is 5. The highest BCUT2D eigenvalue weighted by Gasteiger charge is 2.43. The third kappa shape index (κ3) is 4.50. The van der Waals surface area contributed by atoms with E-state index in [1.165, 1.54) is 12.0 Å². The van der Waals surface area contributed by atoms with Crippen molar-refractivity contribution in [2.24, 2.45) is 5.92 Å². The summed E-state index contributed by atoms with van der Waals surface area (Å²) in [6, 6.07) is 14.2. The van der Waals surface area contributed by atoms with Crippen LogP contribution in [0.5, 0.6) is 0 Å². The number of rotatable bonds is 7. The van der Waals surface area contributed by atoms with Gasteiger partial charge in [0.2, 0.25) is 5.91 Å². The van der Waals surface area contributed by atoms with Gasteiger partial charge < -0.3 is 24.8 Å². The normalized spacial score (nSPS) is 20.1. The van der Waals surface area contributed by atoms with E-state index in [-0.39, 0.29) is 37.5 Å². The smallest absolute Gasteiger partial charge is 0.407 e. The van der Waals surface area contributed by atoms with Crippen LogP contribution in [-0.2, 0) is 19.1 Å². The fraction of sp³-hybridized carbons (Fsp3) is 0.423. The summed E-state index contributed by atoms with van der Waals surface area (Å²) in [7, 11) is 1.49. The first kappa shape index (κ1) is 23.8. The minimum absolute atomic E-state index is 0.0937. The van der Waals surface area contributed by atoms with E-state index in [0.717, 1.165) is 22.3 Å². The third-order valence-electron chi connectivity index (χ3n) is 6.71. The predicted molar refractivity (Wildman–Crippen MR) is 125 cm³/mol. The van der Waals surface area contributed by atoms with Crippen molar-refractivity contribution < 1.29 is 29.0 Å². The standard InChI is InChI=1S/C26H30N2O6/c1-15(2)23(24(29)28-13-16(33-3)12-22(28)25(30)31)27-26(32)34-14-21-19-10-6-4-8-17(19)18-9-5-7-11-20(18)21/h4-11,15-16,21-23H,12-14H2,1-3H3,(H,27,32)(H,30,31). The molecular formula is C26H30N2O6. The molecule has 4 rings (SSSR count). The molecule has 2 aromatic rings. The van der Waals surface area contributed by atoms with E-state index in [2.05, 4.69) is 17.4 Å². The second-order valence-electron chi connectivity index (χ2n) is 9.13. The van der Waals surface area contributed by atoms with Crippen LogP contribution in [0, 0.1) is 5.92 Å². The van der Waals surface area contributed by atoms with Gasteiger partial charge in [-0.05, 0) is 28.2 Å². The molecule has 0 spiro atoms. The number of nitrogens with one attached hydrogen (secondary N) is 1. The number of likely N-dealkylation sites (tertiary alicyclic amines) is 1. The molecule has 8 heteroatoms. The molecule has 0 aromatic heterocycles. The van der Waals surface area contributed by atoms with Gasteiger partial charge in [-0.15, -0.1) is 0 Å². The molecular weight excluding hydrogens is 436 g/mol. The number of carboxylic acids is 1. The van der Waals surface area contributed by atoms with E-state index in [9.17, 15) is 19.5 Å². The van der Waals surface area contributed by atoms with Gasteiger partial charge in [-0.3, -0.25) is 4.79 Å². The second kappa shape index (κ2) is 9.85. The van der Waals surface area contributed by atoms with Gasteiger partial charge in [-0.2, -0.15) is 0 Å². The van der Waals surface area contributed by atoms with Crippen molar-refractivity contribution >= 4 is 18.0 Å². The fourth-order valence-corrected chi connectivity index (χ4v) is 4.91. The quantitative estimate of drug-likeness (QED) is 0.649. The zero-order valence-electron chi connectivity index (χ0n) is 19.6. The van der Waals surface area contributed by atoms with Gasteiger partial charge >= 0.3 is 12.1 Å². The van der Waals surface area contributed by atoms with Gasteiger partial charge in [-0.25, -0.2) is 9.59 Å². The van der Waals surface area contributed by atoms with Crippen LogP contribution in [0.25, 0.3) is 11.1 Å². The van der Waals surface area contributed by atoms with Crippen LogP contribution < -0.4 is 5.32 Å². The number of carbonyl (C=O) groups excluding carboxylic acids is 2. The van der Waals surface area contributed by atoms with Crippen LogP contribution in [0.4, 0.5) is 4.79 Å². The van der Waals surface area contributed by atoms with Crippen LogP contribution in [0.3, 0.4) is 0 Å². The van der Waals surface area contributed by atoms with Gasteiger partial charge in [0.1, 0.15) is 18.7 Å². The number of fused-ring (bicyclic) bond motifs is 3. The number of carboxylic acid groups (broad SMARTS) is 1. The lowest BCUT2D eigenvalue weighted by Crippen LogP contribution is -2.54. The van der Waals surface area contributed by atoms with E-state index in [4.69, 9.17) is 9.47 Å². The summed E-state index contributed by atoms with van der Waals surface area (Å²) < 4.78 is 10.9. The third-order valence-corrected chi connectivity index (χ3v) is 6.71. The minimum Gasteiger partial charge on any atom is -0.480 e. The van der Waals surface area contributed by atoms with E-state index in [1.54, 1.807) is 13.8 Å². The van der Waals surface area contributed by atoms with Gasteiger partial charge in [0, 0.05) is 26.0 Å². The van der Waals surface area contributed by atoms with Crippen LogP contribution in [0.1, 0.15) is 37.3 Å². The minimum atomic E-state index is -1.09. The number of benzene rings is 2. The lowest BCUT2D eigenvalue weighted by atomic mass is 9.98. The highest BCUT2D eigenvalue weighted by molar-refractivity contribution is 5.90. The monoisotopic (exact) mass is 466 g/mol. The number of amides is 2. The van der Waals surface area contributed by atoms with Crippen LogP contribution in [0.15, 0.2) is 48.5 Å². The van der Waals surface area contributed by atoms with Crippen LogP contribution in [0.2, 0.25) is 0 Å². The Morgan fingerprint density at radius 1 is 1.06 bits per heavy atom. The Bertz CT molecular complexity index is 1040. The Morgan fingerprint density at radius 2 is 1.65 bits per heavy atom. The molecule has 2 amide bonds. The molecule has 2 aliphatic rings. The largest absolute Gasteiger partial charge is 0.480 e. The second-order valence-corrected chi connectivity index (χ2v) is 9.13. The van der Waals surface area contributed by atoms with Gasteiger partial charge in [-0.1, -0.05) is 62.4 Å². The van der Waals surface area contributed by atoms with Crippen molar-refractivity contribution in [3.05, 3.63) is 59.7 Å². The van der Waals surface area contributed by atoms with E-state index >= 15 is 0 Å². The molecule has 8 nitrogen and oxygen atoms in total. The van der Waals surface area contributed by atoms with Gasteiger partial charge in [0.15, 0.2) is 0 Å². The Kier molecular flexibility index (Phi) is 6.88. The predicted octanol–water partition coefficient (Wildman–Crippen LogP) is 3.25. The summed E-state index contributed by atoms with van der Waals surface area (Å²) in [6.45, 7) is 3.89. The fourth-order valence-electron chi connectivity index (χ4n) is 4.91. The summed E-state index contributed by atoms with van der Waals surface area (Å²) in [5, 5.41) is 12.2. The number of alkyl carbamates (subject to hydrolysis) is 1. The lowest BCUT2D eigenvalue weighted by molar-refractivity contribution is -0.149. The maximum atomic E-state index is 13.2. The average Bonchev–Trinajstić information content (AvgIpc) is 3.40. The molecule has 2 N–H and O–H groups in total. The molecule has 0 saturated carbocycles. The molecule has 3 unspecified atom stereocenters. The van der Waals surface area contributed by atoms with Crippen molar-refractivity contribution in [1.29, 1.82) is 0 Å². The highest BCUT2D eigenvalue weighted by Crippen LogP contribution is 2.44. The average molecular weight is 467 g/mol. The summed E-state index contributed by atoms with van der Waals surface area (Å²) in [4.78, 5) is 38.9. The summed E-state index contributed by atoms with van der Waals surface area (Å²) in [5.41, 5.74) is 4.45. The van der Waals surface area contributed by atoms with E-state index in [1.807, 2.05) is 36.4 Å². The molecule has 1 aliphatic heterocycles. The Balaban J connectivity index is 1.44. The highest BCUT2D eigenvalue weighted by atomic mass is 16.5. The molecule has 1 aliphatic carbocycles. The lowest BCUT2D eigenvalue weighted by Gasteiger charge is -2.29. The molecule has 2 aromatic carbocycles. The van der Waals surface area contributed by atoms with Crippen molar-refractivity contribution in [2.75, 3.05) is 20.3 Å². The molecule has 1 heterocycles. The number of hydrogen-bond donors (Lipinski definition) is 2. The SMILES string of the molecule is COC1CC(C(=O)O)N(C(=O)C(NC(=O)OCC2c3ccccc3-c3ccccc32)C(C)C)C1. The molecule has 0 radical (unpaired) electrons. The van der Waals surface area contributed by atoms with Crippen molar-refractivity contribution in [3.63, 3.8) is 0 Å². The molecule has 180 valence electrons. The van der Waals surface area contributed by atoms with Crippen LogP contribution in [-0.4, -0.2) is 66.4 Å². The summed E-state index contributed by atoms with van der Waals surface area (Å²) >= 11 is 0. The van der Waals surface area contributed by atoms with Crippen molar-refractivity contribution in [2.45, 2.75) is 44.4 Å². The van der Waals surface area contributed by atoms with Gasteiger partial charge in [0.05, 0.1) is 6.10 Å². The number of carbonyl (C=O) groups is 3. The first-order valence-corrected chi connectivity index (χ1v) is 11.5. The summed E-state index contributed by atoms with van der Waals surface area (Å²) in [5.74, 6) is -1.89. The zero-order valence-corrected chi connectivity index (χ0v) is 19.6. The molecule has 3 atom stereocenters. The Hall–Kier alpha value is -3.39. The Labute approximate surface area is 198 Å². The van der Waals surface area contributed by atoms with E-state index in [0.29, 0.717) is 0 Å². The zero-order chi connectivity index (χ0) is 24.4. The number of aliphatic carboxylic acids is 1. The van der Waals surface area contributed by atoms with E-state index < -0.39 is 30.1 Å². The van der Waals surface area contributed by atoms with Gasteiger partial charge in [0.25, 0.3) is 0 Å². The maximum Gasteiger partial charge on any atom is 0.407 e. The number of ether oxygens (including phenoxy) is 2. The first-order valence-electron chi connectivity index (χ1n) is 11.5. The van der Waals surface area contributed by atoms with Crippen molar-refractivity contribution in [3.8, 4) is 11.1 Å². The maximum absolute atomic E-state index is 13.2. The first-order chi connectivity index (χ1) is 16.3. The van der Waals surface area contributed by atoms with Crippen LogP contribution >= 0.6 is 0 Å². The number of nitrogens with zero attached hydrogens (tertiary/aromatic N) is 1. The number of methoxy groups -OCH3 is 1. The molecule has 1 saturated heterocycles. The summed E-state index contributed by atoms with van der Waals surface area (Å²) in [6.07, 6.45) is -0.844. The Morgan fingerprint density at radius 3 is 2.18 bits per heavy atom.